The van der Waals surface area contributed by atoms with E-state index in [2.05, 4.69) is 0 Å². The summed E-state index contributed by atoms with van der Waals surface area (Å²) in [5.74, 6) is -1.39. The van der Waals surface area contributed by atoms with E-state index < -0.39 is 22.8 Å². The maximum Gasteiger partial charge on any atom is 0.374 e. The van der Waals surface area contributed by atoms with Gasteiger partial charge in [0.1, 0.15) is 6.10 Å². The zero-order valence-electron chi connectivity index (χ0n) is 11.1. The molecule has 98 valence electrons. The van der Waals surface area contributed by atoms with Crippen molar-refractivity contribution < 1.29 is 19.5 Å². The number of hydroxylamine groups is 2. The predicted octanol–water partition coefficient (Wildman–Crippen LogP) is 1.53. The average Bonchev–Trinajstić information content (AvgIpc) is 2.12. The summed E-state index contributed by atoms with van der Waals surface area (Å²) in [5.41, 5.74) is -0.965. The molecule has 17 heavy (non-hydrogen) atoms. The largest absolute Gasteiger partial charge is 0.457 e. The summed E-state index contributed by atoms with van der Waals surface area (Å²) in [5, 5.41) is 11.4. The number of ketones is 1. The van der Waals surface area contributed by atoms with Gasteiger partial charge in [0.2, 0.25) is 5.78 Å². The first-order chi connectivity index (χ1) is 7.56. The highest BCUT2D eigenvalue weighted by Gasteiger charge is 2.46. The lowest BCUT2D eigenvalue weighted by atomic mass is 9.80. The van der Waals surface area contributed by atoms with Crippen LogP contribution in [0.4, 0.5) is 0 Å². The van der Waals surface area contributed by atoms with Crippen molar-refractivity contribution in [1.29, 1.82) is 0 Å². The summed E-state index contributed by atoms with van der Waals surface area (Å²) in [6.07, 6.45) is 0.678. The van der Waals surface area contributed by atoms with Crippen molar-refractivity contribution in [2.45, 2.75) is 64.6 Å². The van der Waals surface area contributed by atoms with Crippen molar-refractivity contribution >= 4 is 11.8 Å². The highest BCUT2D eigenvalue weighted by molar-refractivity contribution is 6.32. The average molecular weight is 243 g/mol. The minimum Gasteiger partial charge on any atom is -0.457 e. The number of piperidine rings is 1. The van der Waals surface area contributed by atoms with Crippen LogP contribution in [0.2, 0.25) is 0 Å². The van der Waals surface area contributed by atoms with Gasteiger partial charge >= 0.3 is 5.97 Å². The number of carbonyl (C=O) groups excluding carboxylic acids is 2. The second-order valence-electron chi connectivity index (χ2n) is 5.93. The Balaban J connectivity index is 2.78. The maximum atomic E-state index is 11.3. The zero-order valence-corrected chi connectivity index (χ0v) is 11.1. The van der Waals surface area contributed by atoms with E-state index in [0.717, 1.165) is 0 Å². The molecular formula is C12H21NO4. The molecule has 0 atom stereocenters. The van der Waals surface area contributed by atoms with Gasteiger partial charge in [0.25, 0.3) is 0 Å². The molecule has 0 saturated carbocycles. The van der Waals surface area contributed by atoms with Crippen LogP contribution in [0.3, 0.4) is 0 Å². The fraction of sp³-hybridized carbons (Fsp3) is 0.833. The molecule has 1 N–H and O–H groups in total. The summed E-state index contributed by atoms with van der Waals surface area (Å²) in [4.78, 5) is 22.1. The maximum absolute atomic E-state index is 11.3. The van der Waals surface area contributed by atoms with Crippen LogP contribution in [0.25, 0.3) is 0 Å². The number of ether oxygens (including phenoxy) is 1. The Morgan fingerprint density at radius 2 is 1.59 bits per heavy atom. The Bertz CT molecular complexity index is 317. The molecule has 0 bridgehead atoms. The summed E-state index contributed by atoms with van der Waals surface area (Å²) >= 11 is 0. The molecule has 0 amide bonds. The molecule has 1 rings (SSSR count). The van der Waals surface area contributed by atoms with Crippen LogP contribution in [0.5, 0.6) is 0 Å². The van der Waals surface area contributed by atoms with Crippen LogP contribution in [-0.2, 0) is 14.3 Å². The first-order valence-corrected chi connectivity index (χ1v) is 5.77. The molecule has 0 radical (unpaired) electrons. The van der Waals surface area contributed by atoms with Crippen molar-refractivity contribution in [2.24, 2.45) is 0 Å². The highest BCUT2D eigenvalue weighted by atomic mass is 16.6. The molecule has 1 heterocycles. The summed E-state index contributed by atoms with van der Waals surface area (Å²) < 4.78 is 5.15. The molecule has 5 nitrogen and oxygen atoms in total. The van der Waals surface area contributed by atoms with Crippen LogP contribution < -0.4 is 0 Å². The molecule has 0 spiro atoms. The highest BCUT2D eigenvalue weighted by Crippen LogP contribution is 2.37. The molecule has 0 aromatic carbocycles. The van der Waals surface area contributed by atoms with Crippen LogP contribution >= 0.6 is 0 Å². The van der Waals surface area contributed by atoms with Crippen LogP contribution in [0.1, 0.15) is 47.5 Å². The number of hydrogen-bond donors (Lipinski definition) is 1. The normalized spacial score (nSPS) is 24.4. The number of Topliss-reactive ketones (excluding diaryl/α,β-unsaturated/α-hetero) is 1. The molecule has 0 aromatic rings. The van der Waals surface area contributed by atoms with Crippen molar-refractivity contribution in [3.63, 3.8) is 0 Å². The summed E-state index contributed by atoms with van der Waals surface area (Å²) in [6.45, 7) is 8.70. The lowest BCUT2D eigenvalue weighted by molar-refractivity contribution is -0.259. The SMILES string of the molecule is CC(=O)C(=O)OC1CC(C)(C)N(O)C(C)(C)C1. The molecule has 1 aliphatic rings. The van der Waals surface area contributed by atoms with Gasteiger partial charge in [-0.3, -0.25) is 4.79 Å². The van der Waals surface area contributed by atoms with Crippen molar-refractivity contribution in [2.75, 3.05) is 0 Å². The van der Waals surface area contributed by atoms with Crippen molar-refractivity contribution in [3.05, 3.63) is 0 Å². The zero-order chi connectivity index (χ0) is 13.4. The summed E-state index contributed by atoms with van der Waals surface area (Å²) in [6, 6.07) is 0. The number of carbonyl (C=O) groups is 2. The van der Waals surface area contributed by atoms with E-state index in [1.54, 1.807) is 0 Å². The van der Waals surface area contributed by atoms with Crippen LogP contribution in [-0.4, -0.2) is 39.2 Å². The third kappa shape index (κ3) is 3.04. The van der Waals surface area contributed by atoms with E-state index >= 15 is 0 Å². The van der Waals surface area contributed by atoms with E-state index in [4.69, 9.17) is 4.74 Å². The smallest absolute Gasteiger partial charge is 0.374 e. The minimum absolute atomic E-state index is 0.334. The first kappa shape index (κ1) is 14.1. The monoisotopic (exact) mass is 243 g/mol. The molecule has 0 aliphatic carbocycles. The standard InChI is InChI=1S/C12H21NO4/c1-8(14)10(15)17-9-6-11(2,3)13(16)12(4,5)7-9/h9,16H,6-7H2,1-5H3. The van der Waals surface area contributed by atoms with Gasteiger partial charge in [-0.15, -0.1) is 0 Å². The van der Waals surface area contributed by atoms with E-state index in [1.807, 2.05) is 27.7 Å². The van der Waals surface area contributed by atoms with Gasteiger partial charge in [-0.25, -0.2) is 4.79 Å². The van der Waals surface area contributed by atoms with E-state index in [-0.39, 0.29) is 6.10 Å². The van der Waals surface area contributed by atoms with E-state index in [0.29, 0.717) is 12.8 Å². The number of nitrogens with zero attached hydrogens (tertiary/aromatic N) is 1. The Labute approximate surface area is 102 Å². The fourth-order valence-electron chi connectivity index (χ4n) is 2.50. The van der Waals surface area contributed by atoms with Gasteiger partial charge in [0, 0.05) is 30.8 Å². The van der Waals surface area contributed by atoms with Gasteiger partial charge in [0.05, 0.1) is 0 Å². The number of hydrogen-bond acceptors (Lipinski definition) is 5. The molecule has 1 saturated heterocycles. The van der Waals surface area contributed by atoms with Crippen molar-refractivity contribution in [1.82, 2.24) is 5.06 Å². The molecular weight excluding hydrogens is 222 g/mol. The Kier molecular flexibility index (Phi) is 3.64. The first-order valence-electron chi connectivity index (χ1n) is 5.77. The van der Waals surface area contributed by atoms with E-state index in [1.165, 1.54) is 12.0 Å². The van der Waals surface area contributed by atoms with Gasteiger partial charge in [-0.1, -0.05) is 0 Å². The summed E-state index contributed by atoms with van der Waals surface area (Å²) in [7, 11) is 0. The predicted molar refractivity (Wildman–Crippen MR) is 61.6 cm³/mol. The Morgan fingerprint density at radius 1 is 1.18 bits per heavy atom. The lowest BCUT2D eigenvalue weighted by Crippen LogP contribution is -2.60. The number of esters is 1. The second-order valence-corrected chi connectivity index (χ2v) is 5.93. The number of rotatable bonds is 2. The molecule has 1 fully saturated rings. The van der Waals surface area contributed by atoms with E-state index in [9.17, 15) is 14.8 Å². The third-order valence-electron chi connectivity index (χ3n) is 3.16. The minimum atomic E-state index is -0.798. The Hall–Kier alpha value is -0.940. The quantitative estimate of drug-likeness (QED) is 0.588. The molecule has 5 heteroatoms. The fourth-order valence-corrected chi connectivity index (χ4v) is 2.50. The molecule has 1 aliphatic heterocycles. The van der Waals surface area contributed by atoms with Gasteiger partial charge in [0.15, 0.2) is 0 Å². The van der Waals surface area contributed by atoms with Gasteiger partial charge in [-0.05, 0) is 27.7 Å². The Morgan fingerprint density at radius 3 is 1.94 bits per heavy atom. The molecule has 0 unspecified atom stereocenters. The molecule has 0 aromatic heterocycles. The lowest BCUT2D eigenvalue weighted by Gasteiger charge is -2.50. The third-order valence-corrected chi connectivity index (χ3v) is 3.16. The second kappa shape index (κ2) is 4.38. The topological polar surface area (TPSA) is 66.8 Å². The van der Waals surface area contributed by atoms with Gasteiger partial charge in [-0.2, -0.15) is 5.06 Å². The van der Waals surface area contributed by atoms with Crippen molar-refractivity contribution in [3.8, 4) is 0 Å². The van der Waals surface area contributed by atoms with Crippen LogP contribution in [0, 0.1) is 0 Å². The van der Waals surface area contributed by atoms with Crippen LogP contribution in [0.15, 0.2) is 0 Å². The van der Waals surface area contributed by atoms with Gasteiger partial charge < -0.3 is 9.94 Å².